The molecule has 1 unspecified atom stereocenters. The fraction of sp³-hybridized carbons (Fsp3) is 0.875. The lowest BCUT2D eigenvalue weighted by atomic mass is 10.2. The highest BCUT2D eigenvalue weighted by molar-refractivity contribution is 7.86. The van der Waals surface area contributed by atoms with Crippen LogP contribution in [0.25, 0.3) is 0 Å². The summed E-state index contributed by atoms with van der Waals surface area (Å²) in [6.07, 6.45) is 2.07. The minimum Gasteiger partial charge on any atom is -0.350 e. The van der Waals surface area contributed by atoms with Gasteiger partial charge in [-0.15, -0.1) is 0 Å². The predicted molar refractivity (Wildman–Crippen MR) is 50.8 cm³/mol. The Morgan fingerprint density at radius 1 is 1.46 bits per heavy atom. The molecular weight excluding hydrogens is 188 g/mol. The zero-order valence-electron chi connectivity index (χ0n) is 7.41. The summed E-state index contributed by atoms with van der Waals surface area (Å²) < 4.78 is 11.3. The van der Waals surface area contributed by atoms with Gasteiger partial charge in [-0.25, -0.2) is 0 Å². The van der Waals surface area contributed by atoms with Gasteiger partial charge in [0.05, 0.1) is 6.04 Å². The summed E-state index contributed by atoms with van der Waals surface area (Å²) in [7, 11) is -0.917. The van der Waals surface area contributed by atoms with Gasteiger partial charge in [-0.05, 0) is 12.8 Å². The predicted octanol–water partition coefficient (Wildman–Crippen LogP) is -1.01. The number of amides is 1. The van der Waals surface area contributed by atoms with Gasteiger partial charge in [0.25, 0.3) is 0 Å². The Bertz CT molecular complexity index is 236. The number of hydrogen-bond donors (Lipinski definition) is 2. The largest absolute Gasteiger partial charge is 0.350 e. The van der Waals surface area contributed by atoms with Gasteiger partial charge in [-0.2, -0.15) is 0 Å². The molecule has 0 spiro atoms. The van der Waals surface area contributed by atoms with E-state index in [1.54, 1.807) is 0 Å². The quantitative estimate of drug-likeness (QED) is 0.614. The topological polar surface area (TPSA) is 58.2 Å². The van der Waals surface area contributed by atoms with Crippen molar-refractivity contribution in [3.05, 3.63) is 0 Å². The summed E-state index contributed by atoms with van der Waals surface area (Å²) in [5.74, 6) is 0.137. The molecule has 1 saturated heterocycles. The first-order valence-electron chi connectivity index (χ1n) is 4.63. The van der Waals surface area contributed by atoms with Crippen LogP contribution in [0.5, 0.6) is 0 Å². The lowest BCUT2D eigenvalue weighted by Crippen LogP contribution is -2.57. The van der Waals surface area contributed by atoms with Crippen LogP contribution < -0.4 is 10.6 Å². The maximum atomic E-state index is 11.3. The van der Waals surface area contributed by atoms with Crippen molar-refractivity contribution in [1.82, 2.24) is 10.6 Å². The van der Waals surface area contributed by atoms with Gasteiger partial charge in [-0.1, -0.05) is 0 Å². The lowest BCUT2D eigenvalue weighted by Gasteiger charge is -2.27. The van der Waals surface area contributed by atoms with Gasteiger partial charge < -0.3 is 10.6 Å². The van der Waals surface area contributed by atoms with Crippen molar-refractivity contribution >= 4 is 16.7 Å². The van der Waals surface area contributed by atoms with Gasteiger partial charge in [0.15, 0.2) is 0 Å². The van der Waals surface area contributed by atoms with Crippen molar-refractivity contribution in [2.24, 2.45) is 0 Å². The van der Waals surface area contributed by atoms with Crippen molar-refractivity contribution < 1.29 is 9.00 Å². The third kappa shape index (κ3) is 2.51. The highest BCUT2D eigenvalue weighted by Gasteiger charge is 2.30. The lowest BCUT2D eigenvalue weighted by molar-refractivity contribution is -0.119. The summed E-state index contributed by atoms with van der Waals surface area (Å²) in [6.45, 7) is 1.70. The van der Waals surface area contributed by atoms with Gasteiger partial charge in [0, 0.05) is 29.1 Å². The summed E-state index contributed by atoms with van der Waals surface area (Å²) in [5.41, 5.74) is 0. The Balaban J connectivity index is 1.67. The van der Waals surface area contributed by atoms with E-state index < -0.39 is 10.8 Å². The Morgan fingerprint density at radius 2 is 2.15 bits per heavy atom. The van der Waals surface area contributed by atoms with Crippen LogP contribution in [0.1, 0.15) is 12.8 Å². The maximum Gasteiger partial charge on any atom is 0.232 e. The molecule has 2 aliphatic rings. The summed E-state index contributed by atoms with van der Waals surface area (Å²) in [5, 5.41) is 6.21. The number of nitrogens with one attached hydrogen (secondary N) is 2. The fourth-order valence-corrected chi connectivity index (χ4v) is 2.48. The third-order valence-electron chi connectivity index (χ3n) is 2.32. The summed E-state index contributed by atoms with van der Waals surface area (Å²) in [4.78, 5) is 11.3. The third-order valence-corrected chi connectivity index (χ3v) is 4.08. The molecule has 5 heteroatoms. The molecule has 1 amide bonds. The average Bonchev–Trinajstić information content (AvgIpc) is 2.78. The first-order chi connectivity index (χ1) is 6.25. The zero-order valence-corrected chi connectivity index (χ0v) is 8.23. The molecule has 1 saturated carbocycles. The van der Waals surface area contributed by atoms with Gasteiger partial charge in [-0.3, -0.25) is 9.00 Å². The molecule has 0 aromatic carbocycles. The molecule has 1 atom stereocenters. The van der Waals surface area contributed by atoms with Crippen molar-refractivity contribution in [1.29, 1.82) is 0 Å². The molecule has 0 aromatic heterocycles. The molecule has 13 heavy (non-hydrogen) atoms. The van der Waals surface area contributed by atoms with E-state index in [0.29, 0.717) is 5.25 Å². The Morgan fingerprint density at radius 3 is 2.62 bits per heavy atom. The SMILES string of the molecule is O=C(CS(=O)C1CC1)NC1CNC1. The minimum atomic E-state index is -0.917. The van der Waals surface area contributed by atoms with Crippen molar-refractivity contribution in [3.8, 4) is 0 Å². The van der Waals surface area contributed by atoms with E-state index in [4.69, 9.17) is 0 Å². The van der Waals surface area contributed by atoms with Gasteiger partial charge >= 0.3 is 0 Å². The van der Waals surface area contributed by atoms with Crippen molar-refractivity contribution in [3.63, 3.8) is 0 Å². The van der Waals surface area contributed by atoms with Crippen molar-refractivity contribution in [2.75, 3.05) is 18.8 Å². The Labute approximate surface area is 79.9 Å². The van der Waals surface area contributed by atoms with E-state index in [-0.39, 0.29) is 17.7 Å². The van der Waals surface area contributed by atoms with E-state index in [2.05, 4.69) is 10.6 Å². The van der Waals surface area contributed by atoms with Crippen LogP contribution in [-0.4, -0.2) is 40.3 Å². The standard InChI is InChI=1S/C8H14N2O2S/c11-8(10-6-3-9-4-6)5-13(12)7-1-2-7/h6-7,9H,1-5H2,(H,10,11). The molecule has 0 radical (unpaired) electrons. The number of hydrogen-bond acceptors (Lipinski definition) is 3. The molecule has 2 N–H and O–H groups in total. The van der Waals surface area contributed by atoms with E-state index in [0.717, 1.165) is 25.9 Å². The molecule has 2 rings (SSSR count). The number of carbonyl (C=O) groups is 1. The maximum absolute atomic E-state index is 11.3. The molecule has 1 aliphatic heterocycles. The first kappa shape index (κ1) is 9.15. The molecule has 74 valence electrons. The monoisotopic (exact) mass is 202 g/mol. The van der Waals surface area contributed by atoms with E-state index in [1.165, 1.54) is 0 Å². The minimum absolute atomic E-state index is 0.0586. The fourth-order valence-electron chi connectivity index (χ4n) is 1.24. The Hall–Kier alpha value is -0.420. The second-order valence-corrected chi connectivity index (χ2v) is 5.36. The van der Waals surface area contributed by atoms with E-state index in [9.17, 15) is 9.00 Å². The second-order valence-electron chi connectivity index (χ2n) is 3.65. The molecular formula is C8H14N2O2S. The highest BCUT2D eigenvalue weighted by atomic mass is 32.2. The van der Waals surface area contributed by atoms with Gasteiger partial charge in [0.2, 0.25) is 5.91 Å². The van der Waals surface area contributed by atoms with Crippen LogP contribution in [0, 0.1) is 0 Å². The summed E-state index contributed by atoms with van der Waals surface area (Å²) >= 11 is 0. The second kappa shape index (κ2) is 3.75. The van der Waals surface area contributed by atoms with Crippen LogP contribution in [0.2, 0.25) is 0 Å². The summed E-state index contributed by atoms with van der Waals surface area (Å²) in [6, 6.07) is 0.267. The highest BCUT2D eigenvalue weighted by Crippen LogP contribution is 2.25. The molecule has 4 nitrogen and oxygen atoms in total. The van der Waals surface area contributed by atoms with Gasteiger partial charge in [0.1, 0.15) is 5.75 Å². The van der Waals surface area contributed by atoms with Crippen molar-refractivity contribution in [2.45, 2.75) is 24.1 Å². The first-order valence-corrected chi connectivity index (χ1v) is 6.01. The molecule has 1 aliphatic carbocycles. The van der Waals surface area contributed by atoms with E-state index in [1.807, 2.05) is 0 Å². The van der Waals surface area contributed by atoms with Crippen LogP contribution in [-0.2, 0) is 15.6 Å². The molecule has 0 bridgehead atoms. The van der Waals surface area contributed by atoms with Crippen LogP contribution in [0.15, 0.2) is 0 Å². The Kier molecular flexibility index (Phi) is 2.64. The smallest absolute Gasteiger partial charge is 0.232 e. The number of carbonyl (C=O) groups excluding carboxylic acids is 1. The van der Waals surface area contributed by atoms with Crippen LogP contribution in [0.3, 0.4) is 0 Å². The zero-order chi connectivity index (χ0) is 9.26. The van der Waals surface area contributed by atoms with E-state index >= 15 is 0 Å². The molecule has 2 fully saturated rings. The normalized spacial score (nSPS) is 24.9. The molecule has 1 heterocycles. The average molecular weight is 202 g/mol. The molecule has 0 aromatic rings. The van der Waals surface area contributed by atoms with Crippen LogP contribution in [0.4, 0.5) is 0 Å². The number of rotatable bonds is 4. The van der Waals surface area contributed by atoms with Crippen LogP contribution >= 0.6 is 0 Å².